The van der Waals surface area contributed by atoms with Gasteiger partial charge in [-0.3, -0.25) is 9.59 Å². The summed E-state index contributed by atoms with van der Waals surface area (Å²) in [6.07, 6.45) is 1.88. The van der Waals surface area contributed by atoms with E-state index in [4.69, 9.17) is 0 Å². The van der Waals surface area contributed by atoms with Crippen molar-refractivity contribution in [1.29, 1.82) is 0 Å². The summed E-state index contributed by atoms with van der Waals surface area (Å²) in [5, 5.41) is 2.70. The van der Waals surface area contributed by atoms with Crippen LogP contribution in [0, 0.1) is 17.6 Å². The number of benzene rings is 1. The Morgan fingerprint density at radius 1 is 1.20 bits per heavy atom. The van der Waals surface area contributed by atoms with Gasteiger partial charge in [0.1, 0.15) is 6.04 Å². The highest BCUT2D eigenvalue weighted by Crippen LogP contribution is 2.34. The maximum Gasteiger partial charge on any atom is 0.246 e. The van der Waals surface area contributed by atoms with Crippen LogP contribution >= 0.6 is 0 Å². The topological polar surface area (TPSA) is 49.4 Å². The molecule has 3 rings (SSSR count). The van der Waals surface area contributed by atoms with Crippen molar-refractivity contribution in [3.63, 3.8) is 0 Å². The number of piperazine rings is 1. The quantitative estimate of drug-likeness (QED) is 0.904. The van der Waals surface area contributed by atoms with Crippen molar-refractivity contribution in [3.8, 4) is 0 Å². The van der Waals surface area contributed by atoms with Crippen molar-refractivity contribution in [2.45, 2.75) is 25.4 Å². The summed E-state index contributed by atoms with van der Waals surface area (Å²) in [5.74, 6) is -2.00. The Kier molecular flexibility index (Phi) is 3.16. The van der Waals surface area contributed by atoms with E-state index in [9.17, 15) is 18.4 Å². The summed E-state index contributed by atoms with van der Waals surface area (Å²) in [4.78, 5) is 25.3. The van der Waals surface area contributed by atoms with Crippen molar-refractivity contribution >= 4 is 11.8 Å². The molecule has 1 heterocycles. The smallest absolute Gasteiger partial charge is 0.246 e. The van der Waals surface area contributed by atoms with E-state index in [1.165, 1.54) is 11.0 Å². The highest BCUT2D eigenvalue weighted by atomic mass is 19.2. The maximum atomic E-state index is 13.2. The van der Waals surface area contributed by atoms with Crippen molar-refractivity contribution in [2.75, 3.05) is 6.54 Å². The van der Waals surface area contributed by atoms with Crippen LogP contribution in [0.3, 0.4) is 0 Å². The van der Waals surface area contributed by atoms with E-state index < -0.39 is 17.7 Å². The molecular formula is C14H14F2N2O2. The SMILES string of the molecule is O=C1CN(Cc2ccc(F)c(F)c2)C(=O)C(C2CC2)N1. The van der Waals surface area contributed by atoms with Crippen LogP contribution in [-0.2, 0) is 16.1 Å². The van der Waals surface area contributed by atoms with Crippen LogP contribution in [0.4, 0.5) is 8.78 Å². The van der Waals surface area contributed by atoms with Crippen LogP contribution in [-0.4, -0.2) is 29.3 Å². The van der Waals surface area contributed by atoms with Crippen molar-refractivity contribution < 1.29 is 18.4 Å². The van der Waals surface area contributed by atoms with Gasteiger partial charge in [-0.05, 0) is 36.5 Å². The molecule has 1 saturated heterocycles. The fourth-order valence-corrected chi connectivity index (χ4v) is 2.47. The lowest BCUT2D eigenvalue weighted by Gasteiger charge is -2.32. The second-order valence-corrected chi connectivity index (χ2v) is 5.33. The number of nitrogens with zero attached hydrogens (tertiary/aromatic N) is 1. The van der Waals surface area contributed by atoms with Crippen LogP contribution in [0.15, 0.2) is 18.2 Å². The lowest BCUT2D eigenvalue weighted by atomic mass is 10.1. The number of carbonyl (C=O) groups excluding carboxylic acids is 2. The molecule has 0 aromatic heterocycles. The van der Waals surface area contributed by atoms with Gasteiger partial charge in [0.25, 0.3) is 0 Å². The van der Waals surface area contributed by atoms with E-state index in [2.05, 4.69) is 5.32 Å². The van der Waals surface area contributed by atoms with Gasteiger partial charge >= 0.3 is 0 Å². The fraction of sp³-hybridized carbons (Fsp3) is 0.429. The molecule has 1 aliphatic carbocycles. The Labute approximate surface area is 114 Å². The second-order valence-electron chi connectivity index (χ2n) is 5.33. The molecule has 106 valence electrons. The molecule has 6 heteroatoms. The number of hydrogen-bond donors (Lipinski definition) is 1. The number of hydrogen-bond acceptors (Lipinski definition) is 2. The Morgan fingerprint density at radius 2 is 1.95 bits per heavy atom. The van der Waals surface area contributed by atoms with Crippen LogP contribution in [0.25, 0.3) is 0 Å². The molecule has 1 atom stereocenters. The molecule has 1 saturated carbocycles. The van der Waals surface area contributed by atoms with Gasteiger partial charge in [-0.15, -0.1) is 0 Å². The third kappa shape index (κ3) is 2.50. The molecule has 20 heavy (non-hydrogen) atoms. The molecule has 0 bridgehead atoms. The van der Waals surface area contributed by atoms with Gasteiger partial charge in [-0.25, -0.2) is 8.78 Å². The first-order valence-electron chi connectivity index (χ1n) is 6.56. The van der Waals surface area contributed by atoms with Crippen molar-refractivity contribution in [1.82, 2.24) is 10.2 Å². The van der Waals surface area contributed by atoms with Crippen LogP contribution in [0.5, 0.6) is 0 Å². The molecule has 4 nitrogen and oxygen atoms in total. The summed E-state index contributed by atoms with van der Waals surface area (Å²) in [6.45, 7) is 0.0771. The Hall–Kier alpha value is -1.98. The standard InChI is InChI=1S/C14H14F2N2O2/c15-10-4-1-8(5-11(10)16)6-18-7-12(19)17-13(14(18)20)9-2-3-9/h1,4-5,9,13H,2-3,6-7H2,(H,17,19). The van der Waals surface area contributed by atoms with Gasteiger partial charge < -0.3 is 10.2 Å². The lowest BCUT2D eigenvalue weighted by molar-refractivity contribution is -0.145. The highest BCUT2D eigenvalue weighted by Gasteiger charge is 2.42. The Bertz CT molecular complexity index is 572. The zero-order chi connectivity index (χ0) is 14.3. The molecule has 1 aromatic carbocycles. The van der Waals surface area contributed by atoms with Gasteiger partial charge in [0.15, 0.2) is 11.6 Å². The van der Waals surface area contributed by atoms with Gasteiger partial charge in [0.05, 0.1) is 6.54 Å². The molecule has 1 aromatic rings. The summed E-state index contributed by atoms with van der Waals surface area (Å²) in [7, 11) is 0. The third-order valence-electron chi connectivity index (χ3n) is 3.68. The summed E-state index contributed by atoms with van der Waals surface area (Å²) >= 11 is 0. The molecule has 0 spiro atoms. The molecule has 1 aliphatic heterocycles. The van der Waals surface area contributed by atoms with Gasteiger partial charge in [0.2, 0.25) is 11.8 Å². The average Bonchev–Trinajstić information content (AvgIpc) is 3.22. The third-order valence-corrected chi connectivity index (χ3v) is 3.68. The van der Waals surface area contributed by atoms with Gasteiger partial charge in [0, 0.05) is 6.54 Å². The van der Waals surface area contributed by atoms with Crippen molar-refractivity contribution in [2.24, 2.45) is 5.92 Å². The molecule has 0 radical (unpaired) electrons. The molecule has 2 aliphatic rings. The molecule has 2 fully saturated rings. The number of halogens is 2. The van der Waals surface area contributed by atoms with E-state index in [0.717, 1.165) is 25.0 Å². The first kappa shape index (κ1) is 13.0. The summed E-state index contributed by atoms with van der Waals surface area (Å²) < 4.78 is 26.0. The van der Waals surface area contributed by atoms with E-state index in [-0.39, 0.29) is 30.8 Å². The highest BCUT2D eigenvalue weighted by molar-refractivity contribution is 5.95. The van der Waals surface area contributed by atoms with Crippen molar-refractivity contribution in [3.05, 3.63) is 35.4 Å². The number of amides is 2. The number of carbonyl (C=O) groups is 2. The number of nitrogens with one attached hydrogen (secondary N) is 1. The van der Waals surface area contributed by atoms with E-state index in [1.807, 2.05) is 0 Å². The van der Waals surface area contributed by atoms with E-state index in [1.54, 1.807) is 0 Å². The monoisotopic (exact) mass is 280 g/mol. The fourth-order valence-electron chi connectivity index (χ4n) is 2.47. The van der Waals surface area contributed by atoms with E-state index in [0.29, 0.717) is 5.56 Å². The van der Waals surface area contributed by atoms with Crippen LogP contribution < -0.4 is 5.32 Å². The molecule has 1 unspecified atom stereocenters. The Balaban J connectivity index is 1.76. The molecular weight excluding hydrogens is 266 g/mol. The predicted octanol–water partition coefficient (Wildman–Crippen LogP) is 1.20. The first-order chi connectivity index (χ1) is 9.54. The first-order valence-corrected chi connectivity index (χ1v) is 6.56. The van der Waals surface area contributed by atoms with Gasteiger partial charge in [-0.1, -0.05) is 6.07 Å². The minimum absolute atomic E-state index is 0.0406. The van der Waals surface area contributed by atoms with Crippen LogP contribution in [0.2, 0.25) is 0 Å². The zero-order valence-electron chi connectivity index (χ0n) is 10.7. The summed E-state index contributed by atoms with van der Waals surface area (Å²) in [6, 6.07) is 3.05. The van der Waals surface area contributed by atoms with Crippen LogP contribution in [0.1, 0.15) is 18.4 Å². The Morgan fingerprint density at radius 3 is 2.60 bits per heavy atom. The van der Waals surface area contributed by atoms with Gasteiger partial charge in [-0.2, -0.15) is 0 Å². The number of rotatable bonds is 3. The second kappa shape index (κ2) is 4.85. The lowest BCUT2D eigenvalue weighted by Crippen LogP contribution is -2.58. The zero-order valence-corrected chi connectivity index (χ0v) is 10.7. The average molecular weight is 280 g/mol. The molecule has 2 amide bonds. The summed E-state index contributed by atoms with van der Waals surface area (Å²) in [5.41, 5.74) is 0.474. The molecule has 1 N–H and O–H groups in total. The van der Waals surface area contributed by atoms with E-state index >= 15 is 0 Å². The largest absolute Gasteiger partial charge is 0.342 e. The normalized spacial score (nSPS) is 22.9. The minimum Gasteiger partial charge on any atom is -0.342 e. The minimum atomic E-state index is -0.949. The maximum absolute atomic E-state index is 13.2. The predicted molar refractivity (Wildman–Crippen MR) is 66.4 cm³/mol.